The molecule has 0 radical (unpaired) electrons. The van der Waals surface area contributed by atoms with Gasteiger partial charge in [-0.2, -0.15) is 0 Å². The Morgan fingerprint density at radius 1 is 1.40 bits per heavy atom. The van der Waals surface area contributed by atoms with E-state index in [1.807, 2.05) is 18.7 Å². The Balaban J connectivity index is 2.35. The summed E-state index contributed by atoms with van der Waals surface area (Å²) in [6.45, 7) is 6.69. The van der Waals surface area contributed by atoms with Crippen molar-refractivity contribution in [3.63, 3.8) is 0 Å². The first-order valence-electron chi connectivity index (χ1n) is 7.61. The molecule has 1 amide bonds. The van der Waals surface area contributed by atoms with Crippen LogP contribution in [-0.4, -0.2) is 48.2 Å². The molecule has 20 heavy (non-hydrogen) atoms. The van der Waals surface area contributed by atoms with E-state index in [0.717, 1.165) is 25.8 Å². The number of carboxylic acids is 1. The molecule has 116 valence electrons. The Morgan fingerprint density at radius 2 is 2.15 bits per heavy atom. The lowest BCUT2D eigenvalue weighted by Gasteiger charge is -2.35. The molecule has 5 nitrogen and oxygen atoms in total. The molecule has 0 bridgehead atoms. The van der Waals surface area contributed by atoms with Gasteiger partial charge in [-0.1, -0.05) is 13.8 Å². The van der Waals surface area contributed by atoms with E-state index in [1.54, 1.807) is 0 Å². The first-order chi connectivity index (χ1) is 9.54. The lowest BCUT2D eigenvalue weighted by Crippen LogP contribution is -2.42. The number of aliphatic carboxylic acids is 1. The van der Waals surface area contributed by atoms with Crippen LogP contribution in [0, 0.1) is 11.8 Å². The van der Waals surface area contributed by atoms with Gasteiger partial charge in [-0.15, -0.1) is 0 Å². The fraction of sp³-hybridized carbons (Fsp3) is 0.867. The van der Waals surface area contributed by atoms with E-state index in [4.69, 9.17) is 9.84 Å². The molecule has 1 N–H and O–H groups in total. The minimum atomic E-state index is -0.756. The van der Waals surface area contributed by atoms with Crippen LogP contribution in [0.3, 0.4) is 0 Å². The average Bonchev–Trinajstić information content (AvgIpc) is 2.43. The normalized spacial score (nSPS) is 20.7. The van der Waals surface area contributed by atoms with Crippen molar-refractivity contribution in [3.05, 3.63) is 0 Å². The van der Waals surface area contributed by atoms with Gasteiger partial charge in [-0.05, 0) is 31.1 Å². The molecule has 1 rings (SSSR count). The van der Waals surface area contributed by atoms with Gasteiger partial charge in [0.25, 0.3) is 0 Å². The standard InChI is InChI=1S/C15H27NO4/c1-3-8-20-9-6-14(17)16-7-4-5-13(11-16)12(2)10-15(18)19/h12-13H,3-11H2,1-2H3,(H,18,19). The molecular weight excluding hydrogens is 258 g/mol. The molecule has 0 aromatic carbocycles. The van der Waals surface area contributed by atoms with Crippen molar-refractivity contribution in [3.8, 4) is 0 Å². The second-order valence-electron chi connectivity index (χ2n) is 5.68. The highest BCUT2D eigenvalue weighted by atomic mass is 16.5. The van der Waals surface area contributed by atoms with E-state index in [2.05, 4.69) is 0 Å². The van der Waals surface area contributed by atoms with Crippen LogP contribution in [-0.2, 0) is 14.3 Å². The van der Waals surface area contributed by atoms with Crippen molar-refractivity contribution in [2.75, 3.05) is 26.3 Å². The number of carbonyl (C=O) groups excluding carboxylic acids is 1. The summed E-state index contributed by atoms with van der Waals surface area (Å²) in [5, 5.41) is 8.86. The molecule has 0 spiro atoms. The Hall–Kier alpha value is -1.10. The summed E-state index contributed by atoms with van der Waals surface area (Å²) in [4.78, 5) is 24.7. The van der Waals surface area contributed by atoms with Crippen LogP contribution in [0.2, 0.25) is 0 Å². The van der Waals surface area contributed by atoms with Crippen LogP contribution >= 0.6 is 0 Å². The van der Waals surface area contributed by atoms with E-state index in [1.165, 1.54) is 0 Å². The lowest BCUT2D eigenvalue weighted by atomic mass is 9.84. The van der Waals surface area contributed by atoms with Crippen LogP contribution < -0.4 is 0 Å². The Bertz CT molecular complexity index is 319. The van der Waals surface area contributed by atoms with Gasteiger partial charge in [0.05, 0.1) is 13.0 Å². The van der Waals surface area contributed by atoms with Crippen LogP contribution in [0.25, 0.3) is 0 Å². The summed E-state index contributed by atoms with van der Waals surface area (Å²) in [6.07, 6.45) is 3.57. The van der Waals surface area contributed by atoms with Gasteiger partial charge in [0.1, 0.15) is 0 Å². The number of hydrogen-bond donors (Lipinski definition) is 1. The van der Waals surface area contributed by atoms with Crippen LogP contribution in [0.4, 0.5) is 0 Å². The summed E-state index contributed by atoms with van der Waals surface area (Å²) in [7, 11) is 0. The molecule has 0 aromatic heterocycles. The van der Waals surface area contributed by atoms with Crippen molar-refractivity contribution in [2.24, 2.45) is 11.8 Å². The highest BCUT2D eigenvalue weighted by Gasteiger charge is 2.28. The predicted molar refractivity (Wildman–Crippen MR) is 76.4 cm³/mol. The highest BCUT2D eigenvalue weighted by Crippen LogP contribution is 2.26. The molecule has 1 fully saturated rings. The smallest absolute Gasteiger partial charge is 0.303 e. The second-order valence-corrected chi connectivity index (χ2v) is 5.68. The SMILES string of the molecule is CCCOCCC(=O)N1CCCC(C(C)CC(=O)O)C1. The quantitative estimate of drug-likeness (QED) is 0.694. The number of hydrogen-bond acceptors (Lipinski definition) is 3. The number of ether oxygens (including phenoxy) is 1. The van der Waals surface area contributed by atoms with Crippen molar-refractivity contribution in [1.82, 2.24) is 4.90 Å². The number of carboxylic acid groups (broad SMARTS) is 1. The van der Waals surface area contributed by atoms with Crippen LogP contribution in [0.15, 0.2) is 0 Å². The Morgan fingerprint density at radius 3 is 2.80 bits per heavy atom. The molecular formula is C15H27NO4. The van der Waals surface area contributed by atoms with Crippen LogP contribution in [0.5, 0.6) is 0 Å². The molecule has 0 saturated carbocycles. The largest absolute Gasteiger partial charge is 0.481 e. The van der Waals surface area contributed by atoms with Gasteiger partial charge in [-0.3, -0.25) is 9.59 Å². The van der Waals surface area contributed by atoms with E-state index < -0.39 is 5.97 Å². The zero-order chi connectivity index (χ0) is 15.0. The van der Waals surface area contributed by atoms with Gasteiger partial charge >= 0.3 is 5.97 Å². The molecule has 0 aromatic rings. The van der Waals surface area contributed by atoms with Crippen LogP contribution in [0.1, 0.15) is 46.0 Å². The third kappa shape index (κ3) is 5.90. The first-order valence-corrected chi connectivity index (χ1v) is 7.61. The summed E-state index contributed by atoms with van der Waals surface area (Å²) >= 11 is 0. The molecule has 2 atom stereocenters. The molecule has 1 saturated heterocycles. The maximum Gasteiger partial charge on any atom is 0.303 e. The molecule has 5 heteroatoms. The fourth-order valence-corrected chi connectivity index (χ4v) is 2.71. The predicted octanol–water partition coefficient (Wildman–Crippen LogP) is 2.15. The lowest BCUT2D eigenvalue weighted by molar-refractivity contribution is -0.138. The van der Waals surface area contributed by atoms with E-state index in [0.29, 0.717) is 32.1 Å². The van der Waals surface area contributed by atoms with E-state index >= 15 is 0 Å². The van der Waals surface area contributed by atoms with Crippen molar-refractivity contribution in [1.29, 1.82) is 0 Å². The highest BCUT2D eigenvalue weighted by molar-refractivity contribution is 5.76. The number of carbonyl (C=O) groups is 2. The number of nitrogens with zero attached hydrogens (tertiary/aromatic N) is 1. The molecule has 2 unspecified atom stereocenters. The van der Waals surface area contributed by atoms with Gasteiger partial charge in [-0.25, -0.2) is 0 Å². The molecule has 1 aliphatic heterocycles. The maximum absolute atomic E-state index is 12.1. The topological polar surface area (TPSA) is 66.8 Å². The summed E-state index contributed by atoms with van der Waals surface area (Å²) in [5.41, 5.74) is 0. The third-order valence-electron chi connectivity index (χ3n) is 3.92. The number of likely N-dealkylation sites (tertiary alicyclic amines) is 1. The third-order valence-corrected chi connectivity index (χ3v) is 3.92. The number of piperidine rings is 1. The minimum Gasteiger partial charge on any atom is -0.481 e. The fourth-order valence-electron chi connectivity index (χ4n) is 2.71. The molecule has 1 heterocycles. The summed E-state index contributed by atoms with van der Waals surface area (Å²) in [6, 6.07) is 0. The van der Waals surface area contributed by atoms with E-state index in [9.17, 15) is 9.59 Å². The van der Waals surface area contributed by atoms with Crippen molar-refractivity contribution < 1.29 is 19.4 Å². The van der Waals surface area contributed by atoms with Gasteiger partial charge < -0.3 is 14.7 Å². The minimum absolute atomic E-state index is 0.124. The summed E-state index contributed by atoms with van der Waals surface area (Å²) < 4.78 is 5.35. The summed E-state index contributed by atoms with van der Waals surface area (Å²) in [5.74, 6) is -0.193. The number of amides is 1. The van der Waals surface area contributed by atoms with Crippen molar-refractivity contribution >= 4 is 11.9 Å². The first kappa shape index (κ1) is 17.0. The Labute approximate surface area is 121 Å². The van der Waals surface area contributed by atoms with E-state index in [-0.39, 0.29) is 18.2 Å². The zero-order valence-corrected chi connectivity index (χ0v) is 12.6. The average molecular weight is 285 g/mol. The van der Waals surface area contributed by atoms with Gasteiger partial charge in [0, 0.05) is 26.1 Å². The molecule has 0 aliphatic carbocycles. The number of rotatable bonds is 8. The Kier molecular flexibility index (Phi) is 7.59. The zero-order valence-electron chi connectivity index (χ0n) is 12.6. The van der Waals surface area contributed by atoms with Gasteiger partial charge in [0.2, 0.25) is 5.91 Å². The maximum atomic E-state index is 12.1. The second kappa shape index (κ2) is 8.95. The molecule has 1 aliphatic rings. The van der Waals surface area contributed by atoms with Crippen molar-refractivity contribution in [2.45, 2.75) is 46.0 Å². The van der Waals surface area contributed by atoms with Gasteiger partial charge in [0.15, 0.2) is 0 Å². The monoisotopic (exact) mass is 285 g/mol.